The van der Waals surface area contributed by atoms with Crippen LogP contribution in [0.5, 0.6) is 0 Å². The third kappa shape index (κ3) is 3.58. The van der Waals surface area contributed by atoms with Crippen LogP contribution >= 0.6 is 15.9 Å². The molecule has 0 saturated carbocycles. The first-order valence-electron chi connectivity index (χ1n) is 8.19. The summed E-state index contributed by atoms with van der Waals surface area (Å²) in [6.45, 7) is 0. The molecular weight excluding hydrogens is 416 g/mol. The first kappa shape index (κ1) is 17.7. The molecule has 2 aromatic carbocycles. The summed E-state index contributed by atoms with van der Waals surface area (Å²) in [4.78, 5) is 4.61. The minimum Gasteiger partial charge on any atom is -0.322 e. The topological polar surface area (TPSA) is 69.6 Å². The summed E-state index contributed by atoms with van der Waals surface area (Å²) in [5.74, 6) is -0.707. The second-order valence-electron chi connectivity index (χ2n) is 6.11. The molecule has 2 aromatic heterocycles. The number of nitrogens with two attached hydrogens (primary N) is 1. The van der Waals surface area contributed by atoms with Gasteiger partial charge in [0.2, 0.25) is 0 Å². The van der Waals surface area contributed by atoms with Gasteiger partial charge >= 0.3 is 0 Å². The molecule has 0 bridgehead atoms. The van der Waals surface area contributed by atoms with Crippen LogP contribution in [0.2, 0.25) is 0 Å². The summed E-state index contributed by atoms with van der Waals surface area (Å²) < 4.78 is 29.2. The van der Waals surface area contributed by atoms with Crippen molar-refractivity contribution < 1.29 is 8.78 Å². The van der Waals surface area contributed by atoms with Gasteiger partial charge in [-0.25, -0.2) is 13.8 Å². The fourth-order valence-corrected chi connectivity index (χ4v) is 3.46. The number of hydrogen-bond acceptors (Lipinski definition) is 4. The van der Waals surface area contributed by atoms with Gasteiger partial charge in [-0.3, -0.25) is 0 Å². The van der Waals surface area contributed by atoms with Crippen LogP contribution in [0.15, 0.2) is 59.1 Å². The molecule has 8 heteroatoms. The Labute approximate surface area is 162 Å². The summed E-state index contributed by atoms with van der Waals surface area (Å²) >= 11 is 3.45. The average Bonchev–Trinajstić information content (AvgIpc) is 3.05. The number of para-hydroxylation sites is 1. The SMILES string of the molecule is NC(Cc1cc(F)cc(F)c1)c1nc(-n2nnc3ccccc32)ccc1Br. The molecule has 4 aromatic rings. The number of nitrogens with zero attached hydrogens (tertiary/aromatic N) is 4. The second-order valence-corrected chi connectivity index (χ2v) is 6.97. The molecule has 136 valence electrons. The van der Waals surface area contributed by atoms with Gasteiger partial charge in [-0.2, -0.15) is 4.68 Å². The third-order valence-corrected chi connectivity index (χ3v) is 4.83. The number of benzene rings is 2. The maximum absolute atomic E-state index is 13.4. The van der Waals surface area contributed by atoms with E-state index < -0.39 is 17.7 Å². The van der Waals surface area contributed by atoms with Crippen LogP contribution in [0.25, 0.3) is 16.9 Å². The van der Waals surface area contributed by atoms with Crippen molar-refractivity contribution in [2.45, 2.75) is 12.5 Å². The number of rotatable bonds is 4. The lowest BCUT2D eigenvalue weighted by molar-refractivity contribution is 0.575. The number of pyridine rings is 1. The molecule has 5 nitrogen and oxygen atoms in total. The number of aromatic nitrogens is 4. The molecule has 0 spiro atoms. The molecule has 27 heavy (non-hydrogen) atoms. The van der Waals surface area contributed by atoms with Crippen molar-refractivity contribution in [3.8, 4) is 5.82 Å². The van der Waals surface area contributed by atoms with Crippen molar-refractivity contribution in [2.24, 2.45) is 5.73 Å². The van der Waals surface area contributed by atoms with Crippen molar-refractivity contribution in [2.75, 3.05) is 0 Å². The first-order chi connectivity index (χ1) is 13.0. The summed E-state index contributed by atoms with van der Waals surface area (Å²) in [6, 6.07) is 14.0. The molecule has 1 atom stereocenters. The van der Waals surface area contributed by atoms with Gasteiger partial charge in [0.05, 0.1) is 17.3 Å². The van der Waals surface area contributed by atoms with E-state index in [4.69, 9.17) is 5.73 Å². The lowest BCUT2D eigenvalue weighted by Crippen LogP contribution is -2.17. The first-order valence-corrected chi connectivity index (χ1v) is 8.98. The number of hydrogen-bond donors (Lipinski definition) is 1. The summed E-state index contributed by atoms with van der Waals surface area (Å²) in [7, 11) is 0. The molecule has 0 amide bonds. The van der Waals surface area contributed by atoms with Gasteiger partial charge in [0.25, 0.3) is 0 Å². The van der Waals surface area contributed by atoms with E-state index in [-0.39, 0.29) is 6.42 Å². The summed E-state index contributed by atoms with van der Waals surface area (Å²) in [5, 5.41) is 8.28. The lowest BCUT2D eigenvalue weighted by Gasteiger charge is -2.15. The summed E-state index contributed by atoms with van der Waals surface area (Å²) in [6.07, 6.45) is 0.238. The molecule has 0 aliphatic heterocycles. The summed E-state index contributed by atoms with van der Waals surface area (Å²) in [5.41, 5.74) is 8.88. The zero-order valence-electron chi connectivity index (χ0n) is 14.0. The molecule has 0 aliphatic rings. The molecule has 2 N–H and O–H groups in total. The van der Waals surface area contributed by atoms with Crippen molar-refractivity contribution in [1.82, 2.24) is 20.0 Å². The highest BCUT2D eigenvalue weighted by molar-refractivity contribution is 9.10. The van der Waals surface area contributed by atoms with Crippen LogP contribution in [-0.4, -0.2) is 20.0 Å². The second kappa shape index (κ2) is 7.13. The Morgan fingerprint density at radius 3 is 2.56 bits per heavy atom. The van der Waals surface area contributed by atoms with E-state index in [1.54, 1.807) is 10.7 Å². The van der Waals surface area contributed by atoms with Crippen molar-refractivity contribution in [3.63, 3.8) is 0 Å². The van der Waals surface area contributed by atoms with Gasteiger partial charge < -0.3 is 5.73 Å². The van der Waals surface area contributed by atoms with Gasteiger partial charge in [-0.1, -0.05) is 17.3 Å². The Kier molecular flexibility index (Phi) is 4.67. The van der Waals surface area contributed by atoms with Crippen LogP contribution in [-0.2, 0) is 6.42 Å². The van der Waals surface area contributed by atoms with E-state index in [1.165, 1.54) is 12.1 Å². The van der Waals surface area contributed by atoms with E-state index in [1.807, 2.05) is 30.3 Å². The minimum atomic E-state index is -0.632. The standard InChI is InChI=1S/C19H14BrF2N5/c20-14-5-6-18(27-17-4-2-1-3-16(17)25-26-27)24-19(14)15(23)9-11-7-12(21)10-13(22)8-11/h1-8,10,15H,9,23H2. The van der Waals surface area contributed by atoms with Crippen LogP contribution in [0.1, 0.15) is 17.3 Å². The molecule has 0 radical (unpaired) electrons. The minimum absolute atomic E-state index is 0.238. The molecule has 4 rings (SSSR count). The maximum Gasteiger partial charge on any atom is 0.156 e. The fourth-order valence-electron chi connectivity index (χ4n) is 2.94. The largest absolute Gasteiger partial charge is 0.322 e. The van der Waals surface area contributed by atoms with E-state index in [0.717, 1.165) is 17.1 Å². The quantitative estimate of drug-likeness (QED) is 0.530. The Balaban J connectivity index is 1.70. The van der Waals surface area contributed by atoms with Gasteiger partial charge in [0.1, 0.15) is 17.2 Å². The predicted octanol–water partition coefficient (Wildman–Crippen LogP) is 4.10. The fraction of sp³-hybridized carbons (Fsp3) is 0.105. The molecule has 0 saturated heterocycles. The average molecular weight is 430 g/mol. The maximum atomic E-state index is 13.4. The Morgan fingerprint density at radius 2 is 1.78 bits per heavy atom. The van der Waals surface area contributed by atoms with Gasteiger partial charge in [-0.05, 0) is 64.3 Å². The Bertz CT molecular complexity index is 1110. The van der Waals surface area contributed by atoms with Crippen molar-refractivity contribution in [1.29, 1.82) is 0 Å². The van der Waals surface area contributed by atoms with Crippen LogP contribution < -0.4 is 5.73 Å². The smallest absolute Gasteiger partial charge is 0.156 e. The van der Waals surface area contributed by atoms with E-state index >= 15 is 0 Å². The highest BCUT2D eigenvalue weighted by atomic mass is 79.9. The highest BCUT2D eigenvalue weighted by Crippen LogP contribution is 2.25. The van der Waals surface area contributed by atoms with Crippen molar-refractivity contribution >= 4 is 27.0 Å². The van der Waals surface area contributed by atoms with Gasteiger partial charge in [0.15, 0.2) is 5.82 Å². The van der Waals surface area contributed by atoms with Crippen molar-refractivity contribution in [3.05, 3.63) is 82.0 Å². The zero-order chi connectivity index (χ0) is 19.0. The van der Waals surface area contributed by atoms with E-state index in [0.29, 0.717) is 21.5 Å². The van der Waals surface area contributed by atoms with Crippen LogP contribution in [0, 0.1) is 11.6 Å². The van der Waals surface area contributed by atoms with Crippen LogP contribution in [0.3, 0.4) is 0 Å². The number of halogens is 3. The third-order valence-electron chi connectivity index (χ3n) is 4.16. The van der Waals surface area contributed by atoms with E-state index in [2.05, 4.69) is 31.2 Å². The van der Waals surface area contributed by atoms with Crippen LogP contribution in [0.4, 0.5) is 8.78 Å². The Hall–Kier alpha value is -2.71. The molecule has 0 fully saturated rings. The molecule has 0 aliphatic carbocycles. The Morgan fingerprint density at radius 1 is 1.04 bits per heavy atom. The van der Waals surface area contributed by atoms with Gasteiger partial charge in [0, 0.05) is 10.5 Å². The molecular formula is C19H14BrF2N5. The normalized spacial score (nSPS) is 12.4. The number of fused-ring (bicyclic) bond motifs is 1. The predicted molar refractivity (Wildman–Crippen MR) is 101 cm³/mol. The highest BCUT2D eigenvalue weighted by Gasteiger charge is 2.16. The van der Waals surface area contributed by atoms with E-state index in [9.17, 15) is 8.78 Å². The molecule has 1 unspecified atom stereocenters. The van der Waals surface area contributed by atoms with Gasteiger partial charge in [-0.15, -0.1) is 5.10 Å². The molecule has 2 heterocycles. The lowest BCUT2D eigenvalue weighted by atomic mass is 10.0. The monoisotopic (exact) mass is 429 g/mol. The zero-order valence-corrected chi connectivity index (χ0v) is 15.6.